The fourth-order valence-corrected chi connectivity index (χ4v) is 2.63. The molecule has 0 aliphatic heterocycles. The molecule has 0 spiro atoms. The molecule has 0 unspecified atom stereocenters. The summed E-state index contributed by atoms with van der Waals surface area (Å²) in [5, 5.41) is 8.36. The minimum absolute atomic E-state index is 0.125. The van der Waals surface area contributed by atoms with Crippen LogP contribution in [0, 0.1) is 0 Å². The summed E-state index contributed by atoms with van der Waals surface area (Å²) in [4.78, 5) is 17.2. The highest BCUT2D eigenvalue weighted by molar-refractivity contribution is 6.28. The van der Waals surface area contributed by atoms with Crippen LogP contribution in [0.1, 0.15) is 15.9 Å². The Labute approximate surface area is 144 Å². The summed E-state index contributed by atoms with van der Waals surface area (Å²) in [7, 11) is 0. The number of carbonyl (C=O) groups is 1. The molecule has 0 saturated carbocycles. The molecule has 5 nitrogen and oxygen atoms in total. The number of hydrogen-bond acceptors (Lipinski definition) is 4. The first kappa shape index (κ1) is 15.0. The molecule has 5 heteroatoms. The van der Waals surface area contributed by atoms with Crippen LogP contribution >= 0.6 is 0 Å². The van der Waals surface area contributed by atoms with Crippen molar-refractivity contribution in [1.29, 1.82) is 0 Å². The number of fused-ring (bicyclic) bond motifs is 1. The molecule has 0 aliphatic rings. The number of rotatable bonds is 4. The fourth-order valence-electron chi connectivity index (χ4n) is 2.63. The predicted molar refractivity (Wildman–Crippen MR) is 96.7 cm³/mol. The van der Waals surface area contributed by atoms with Crippen LogP contribution in [0.15, 0.2) is 79.1 Å². The van der Waals surface area contributed by atoms with Crippen molar-refractivity contribution in [3.63, 3.8) is 0 Å². The van der Waals surface area contributed by atoms with Gasteiger partial charge in [-0.25, -0.2) is 4.68 Å². The maximum atomic E-state index is 13.1. The number of nitrogens with zero attached hydrogens (tertiary/aromatic N) is 4. The number of hydrogen-bond donors (Lipinski definition) is 0. The summed E-state index contributed by atoms with van der Waals surface area (Å²) in [6.45, 7) is 0. The number of ketones is 1. The summed E-state index contributed by atoms with van der Waals surface area (Å²) in [5.41, 5.74) is 3.36. The predicted octanol–water partition coefficient (Wildman–Crippen LogP) is 3.71. The molecule has 4 rings (SSSR count). The molecular formula is C20H14N4O. The second kappa shape index (κ2) is 6.49. The number of Topliss-reactive ketones (excluding diaryl/α,β-unsaturated/α-hetero) is 1. The van der Waals surface area contributed by atoms with E-state index < -0.39 is 0 Å². The molecule has 0 atom stereocenters. The Morgan fingerprint density at radius 2 is 1.72 bits per heavy atom. The van der Waals surface area contributed by atoms with Gasteiger partial charge in [0.15, 0.2) is 0 Å². The van der Waals surface area contributed by atoms with E-state index in [1.54, 1.807) is 35.3 Å². The number of pyridine rings is 1. The van der Waals surface area contributed by atoms with Crippen molar-refractivity contribution in [3.8, 4) is 0 Å². The number of aromatic nitrogens is 4. The van der Waals surface area contributed by atoms with Crippen LogP contribution in [0.2, 0.25) is 0 Å². The highest BCUT2D eigenvalue weighted by atomic mass is 16.1. The lowest BCUT2D eigenvalue weighted by Gasteiger charge is -2.08. The molecule has 2 aromatic heterocycles. The quantitative estimate of drug-likeness (QED) is 0.424. The summed E-state index contributed by atoms with van der Waals surface area (Å²) in [6.07, 6.45) is 5.18. The van der Waals surface area contributed by atoms with E-state index in [2.05, 4.69) is 15.3 Å². The van der Waals surface area contributed by atoms with Crippen LogP contribution in [-0.4, -0.2) is 25.8 Å². The summed E-state index contributed by atoms with van der Waals surface area (Å²) >= 11 is 0. The van der Waals surface area contributed by atoms with E-state index in [0.29, 0.717) is 11.3 Å². The van der Waals surface area contributed by atoms with Crippen LogP contribution < -0.4 is 0 Å². The van der Waals surface area contributed by atoms with Crippen LogP contribution in [0.25, 0.3) is 22.8 Å². The molecule has 0 fully saturated rings. The van der Waals surface area contributed by atoms with Crippen molar-refractivity contribution >= 4 is 28.6 Å². The molecule has 2 aromatic carbocycles. The van der Waals surface area contributed by atoms with Gasteiger partial charge in [-0.15, -0.1) is 5.10 Å². The van der Waals surface area contributed by atoms with E-state index in [9.17, 15) is 4.79 Å². The lowest BCUT2D eigenvalue weighted by molar-refractivity contribution is 0.105. The van der Waals surface area contributed by atoms with Crippen LogP contribution in [-0.2, 0) is 0 Å². The fraction of sp³-hybridized carbons (Fsp3) is 0. The van der Waals surface area contributed by atoms with Gasteiger partial charge in [0.05, 0.1) is 5.52 Å². The third-order valence-corrected chi connectivity index (χ3v) is 3.84. The van der Waals surface area contributed by atoms with Gasteiger partial charge in [-0.2, -0.15) is 0 Å². The monoisotopic (exact) mass is 326 g/mol. The Morgan fingerprint density at radius 1 is 0.920 bits per heavy atom. The van der Waals surface area contributed by atoms with Crippen LogP contribution in [0.5, 0.6) is 0 Å². The van der Waals surface area contributed by atoms with E-state index in [1.165, 1.54) is 0 Å². The molecule has 0 amide bonds. The van der Waals surface area contributed by atoms with Gasteiger partial charge in [0.1, 0.15) is 11.2 Å². The van der Waals surface area contributed by atoms with Crippen LogP contribution in [0.4, 0.5) is 0 Å². The standard InChI is InChI=1S/C20H14N4O/c25-20(16-8-2-1-3-9-16)19(13-15-7-6-12-21-14-15)24-18-11-5-4-10-17(18)22-23-24/h1-14H. The Balaban J connectivity index is 1.90. The van der Waals surface area contributed by atoms with E-state index in [4.69, 9.17) is 0 Å². The van der Waals surface area contributed by atoms with Crippen molar-refractivity contribution in [2.75, 3.05) is 0 Å². The number of para-hydroxylation sites is 1. The SMILES string of the molecule is O=C(C(=Cc1cccnc1)n1nnc2ccccc21)c1ccccc1. The maximum Gasteiger partial charge on any atom is 0.211 e. The zero-order valence-corrected chi connectivity index (χ0v) is 13.3. The molecule has 0 radical (unpaired) electrons. The van der Waals surface area contributed by atoms with Gasteiger partial charge in [0.2, 0.25) is 5.78 Å². The highest BCUT2D eigenvalue weighted by Gasteiger charge is 2.18. The number of carbonyl (C=O) groups excluding carboxylic acids is 1. The third-order valence-electron chi connectivity index (χ3n) is 3.84. The molecule has 0 saturated heterocycles. The Morgan fingerprint density at radius 3 is 2.52 bits per heavy atom. The molecule has 0 aliphatic carbocycles. The third kappa shape index (κ3) is 2.95. The average molecular weight is 326 g/mol. The van der Waals surface area contributed by atoms with Crippen molar-refractivity contribution in [1.82, 2.24) is 20.0 Å². The Bertz CT molecular complexity index is 1050. The second-order valence-corrected chi connectivity index (χ2v) is 5.50. The van der Waals surface area contributed by atoms with Crippen LogP contribution in [0.3, 0.4) is 0 Å². The molecule has 2 heterocycles. The molecule has 0 N–H and O–H groups in total. The molecule has 25 heavy (non-hydrogen) atoms. The summed E-state index contributed by atoms with van der Waals surface area (Å²) in [5.74, 6) is -0.125. The Kier molecular flexibility index (Phi) is 3.88. The first-order chi connectivity index (χ1) is 12.3. The second-order valence-electron chi connectivity index (χ2n) is 5.50. The number of allylic oxidation sites excluding steroid dienone is 1. The summed E-state index contributed by atoms with van der Waals surface area (Å²) < 4.78 is 1.58. The molecule has 4 aromatic rings. The van der Waals surface area contributed by atoms with Gasteiger partial charge >= 0.3 is 0 Å². The van der Waals surface area contributed by atoms with Gasteiger partial charge in [-0.05, 0) is 29.8 Å². The van der Waals surface area contributed by atoms with Gasteiger partial charge in [0, 0.05) is 18.0 Å². The summed E-state index contributed by atoms with van der Waals surface area (Å²) in [6, 6.07) is 20.4. The zero-order valence-electron chi connectivity index (χ0n) is 13.3. The largest absolute Gasteiger partial charge is 0.287 e. The lowest BCUT2D eigenvalue weighted by Crippen LogP contribution is -2.11. The number of benzene rings is 2. The van der Waals surface area contributed by atoms with Gasteiger partial charge in [0.25, 0.3) is 0 Å². The minimum atomic E-state index is -0.125. The average Bonchev–Trinajstić information content (AvgIpc) is 3.11. The van der Waals surface area contributed by atoms with E-state index >= 15 is 0 Å². The highest BCUT2D eigenvalue weighted by Crippen LogP contribution is 2.21. The first-order valence-electron chi connectivity index (χ1n) is 7.85. The van der Waals surface area contributed by atoms with Gasteiger partial charge in [-0.1, -0.05) is 53.7 Å². The van der Waals surface area contributed by atoms with Crippen molar-refractivity contribution in [2.24, 2.45) is 0 Å². The van der Waals surface area contributed by atoms with Crippen molar-refractivity contribution < 1.29 is 4.79 Å². The molecule has 0 bridgehead atoms. The van der Waals surface area contributed by atoms with Crippen molar-refractivity contribution in [2.45, 2.75) is 0 Å². The Hall–Kier alpha value is -3.60. The first-order valence-corrected chi connectivity index (χ1v) is 7.85. The lowest BCUT2D eigenvalue weighted by atomic mass is 10.1. The van der Waals surface area contributed by atoms with Gasteiger partial charge in [-0.3, -0.25) is 9.78 Å². The minimum Gasteiger partial charge on any atom is -0.287 e. The van der Waals surface area contributed by atoms with E-state index in [0.717, 1.165) is 16.6 Å². The maximum absolute atomic E-state index is 13.1. The van der Waals surface area contributed by atoms with E-state index in [1.807, 2.05) is 54.6 Å². The smallest absolute Gasteiger partial charge is 0.211 e. The normalized spacial score (nSPS) is 11.6. The zero-order chi connectivity index (χ0) is 17.1. The van der Waals surface area contributed by atoms with Crippen molar-refractivity contribution in [3.05, 3.63) is 90.3 Å². The molecule has 120 valence electrons. The van der Waals surface area contributed by atoms with Gasteiger partial charge < -0.3 is 0 Å². The molecular weight excluding hydrogens is 312 g/mol. The topological polar surface area (TPSA) is 60.7 Å². The van der Waals surface area contributed by atoms with E-state index in [-0.39, 0.29) is 5.78 Å².